The monoisotopic (exact) mass is 382 g/mol. The van der Waals surface area contributed by atoms with Crippen molar-refractivity contribution in [3.8, 4) is 0 Å². The first-order valence-corrected chi connectivity index (χ1v) is 9.91. The fourth-order valence-electron chi connectivity index (χ4n) is 3.15. The summed E-state index contributed by atoms with van der Waals surface area (Å²) in [6.45, 7) is 5.84. The number of carbonyl (C=O) groups is 1. The third-order valence-electron chi connectivity index (χ3n) is 4.70. The molecular weight excluding hydrogens is 352 g/mol. The quantitative estimate of drug-likeness (QED) is 0.388. The molecule has 1 aromatic rings. The molecule has 1 aromatic carbocycles. The minimum atomic E-state index is -1.09. The maximum atomic E-state index is 11.9. The van der Waals surface area contributed by atoms with Crippen molar-refractivity contribution in [3.05, 3.63) is 34.9 Å². The van der Waals surface area contributed by atoms with Crippen LogP contribution in [0.3, 0.4) is 0 Å². The standard InChI is InChI=1S/C21H31ClO4/c1-20(2,3)19(23)25-15-9-12-18(16-10-5-6-11-17(16)22)26-21(24)13-7-4-8-14-21/h5-6,10-11,18,24H,4,7-9,12-15H2,1-3H3/t18-/m1/s1. The summed E-state index contributed by atoms with van der Waals surface area (Å²) in [5, 5.41) is 11.4. The molecular formula is C21H31ClO4. The first-order chi connectivity index (χ1) is 12.2. The zero-order valence-electron chi connectivity index (χ0n) is 16.1. The van der Waals surface area contributed by atoms with E-state index in [0.717, 1.165) is 24.8 Å². The van der Waals surface area contributed by atoms with Gasteiger partial charge in [-0.05, 0) is 58.1 Å². The van der Waals surface area contributed by atoms with E-state index in [-0.39, 0.29) is 12.1 Å². The first-order valence-electron chi connectivity index (χ1n) is 9.53. The van der Waals surface area contributed by atoms with E-state index in [1.54, 1.807) is 0 Å². The number of rotatable bonds is 7. The highest BCUT2D eigenvalue weighted by Gasteiger charge is 2.34. The molecule has 1 saturated carbocycles. The van der Waals surface area contributed by atoms with Gasteiger partial charge in [0.25, 0.3) is 0 Å². The van der Waals surface area contributed by atoms with Crippen molar-refractivity contribution in [2.45, 2.75) is 77.6 Å². The maximum absolute atomic E-state index is 11.9. The molecule has 1 aliphatic rings. The van der Waals surface area contributed by atoms with Gasteiger partial charge in [-0.1, -0.05) is 36.2 Å². The van der Waals surface area contributed by atoms with Gasteiger partial charge in [-0.15, -0.1) is 0 Å². The van der Waals surface area contributed by atoms with Gasteiger partial charge in [-0.25, -0.2) is 0 Å². The predicted molar refractivity (Wildman–Crippen MR) is 103 cm³/mol. The summed E-state index contributed by atoms with van der Waals surface area (Å²) in [4.78, 5) is 11.9. The number of aliphatic hydroxyl groups is 1. The van der Waals surface area contributed by atoms with E-state index >= 15 is 0 Å². The van der Waals surface area contributed by atoms with Gasteiger partial charge in [0.2, 0.25) is 0 Å². The molecule has 26 heavy (non-hydrogen) atoms. The van der Waals surface area contributed by atoms with E-state index in [1.165, 1.54) is 0 Å². The van der Waals surface area contributed by atoms with Gasteiger partial charge < -0.3 is 14.6 Å². The van der Waals surface area contributed by atoms with Crippen molar-refractivity contribution >= 4 is 17.6 Å². The summed E-state index contributed by atoms with van der Waals surface area (Å²) < 4.78 is 11.5. The van der Waals surface area contributed by atoms with Crippen LogP contribution in [-0.4, -0.2) is 23.5 Å². The summed E-state index contributed by atoms with van der Waals surface area (Å²) in [6.07, 6.45) is 5.31. The van der Waals surface area contributed by atoms with Gasteiger partial charge in [0.05, 0.1) is 18.1 Å². The number of ether oxygens (including phenoxy) is 2. The van der Waals surface area contributed by atoms with E-state index in [4.69, 9.17) is 21.1 Å². The predicted octanol–water partition coefficient (Wildman–Crippen LogP) is 5.42. The summed E-state index contributed by atoms with van der Waals surface area (Å²) >= 11 is 6.36. The maximum Gasteiger partial charge on any atom is 0.311 e. The van der Waals surface area contributed by atoms with Crippen LogP contribution in [0, 0.1) is 5.41 Å². The summed E-state index contributed by atoms with van der Waals surface area (Å²) in [5.41, 5.74) is 0.367. The lowest BCUT2D eigenvalue weighted by molar-refractivity contribution is -0.248. The lowest BCUT2D eigenvalue weighted by atomic mass is 9.93. The van der Waals surface area contributed by atoms with Gasteiger partial charge in [-0.2, -0.15) is 0 Å². The Morgan fingerprint density at radius 2 is 1.88 bits per heavy atom. The number of carbonyl (C=O) groups excluding carboxylic acids is 1. The highest BCUT2D eigenvalue weighted by atomic mass is 35.5. The molecule has 4 nitrogen and oxygen atoms in total. The second-order valence-electron chi connectivity index (χ2n) is 8.16. The Morgan fingerprint density at radius 1 is 1.23 bits per heavy atom. The fraction of sp³-hybridized carbons (Fsp3) is 0.667. The summed E-state index contributed by atoms with van der Waals surface area (Å²) in [7, 11) is 0. The van der Waals surface area contributed by atoms with Crippen molar-refractivity contribution < 1.29 is 19.4 Å². The van der Waals surface area contributed by atoms with E-state index < -0.39 is 11.2 Å². The van der Waals surface area contributed by atoms with E-state index in [0.29, 0.717) is 37.3 Å². The first kappa shape index (κ1) is 21.2. The van der Waals surface area contributed by atoms with Crippen molar-refractivity contribution in [1.29, 1.82) is 0 Å². The van der Waals surface area contributed by atoms with E-state index in [2.05, 4.69) is 0 Å². The van der Waals surface area contributed by atoms with E-state index in [1.807, 2.05) is 45.0 Å². The number of halogens is 1. The number of benzene rings is 1. The average molecular weight is 383 g/mol. The van der Waals surface area contributed by atoms with Crippen molar-refractivity contribution in [2.24, 2.45) is 5.41 Å². The molecule has 1 aliphatic carbocycles. The van der Waals surface area contributed by atoms with Crippen LogP contribution in [0.5, 0.6) is 0 Å². The van der Waals surface area contributed by atoms with Gasteiger partial charge in [0, 0.05) is 17.9 Å². The number of esters is 1. The number of hydrogen-bond acceptors (Lipinski definition) is 4. The average Bonchev–Trinajstić information content (AvgIpc) is 2.57. The van der Waals surface area contributed by atoms with Crippen LogP contribution in [0.15, 0.2) is 24.3 Å². The summed E-state index contributed by atoms with van der Waals surface area (Å²) in [6, 6.07) is 7.56. The van der Waals surface area contributed by atoms with Crippen LogP contribution < -0.4 is 0 Å². The smallest absolute Gasteiger partial charge is 0.311 e. The zero-order chi connectivity index (χ0) is 19.2. The molecule has 1 atom stereocenters. The molecule has 0 spiro atoms. The third-order valence-corrected chi connectivity index (χ3v) is 5.05. The SMILES string of the molecule is CC(C)(C)C(=O)OCCC[C@@H](OC1(O)CCCCC1)c1ccccc1Cl. The van der Waals surface area contributed by atoms with Crippen LogP contribution in [0.1, 0.15) is 77.4 Å². The highest BCUT2D eigenvalue weighted by molar-refractivity contribution is 6.31. The minimum absolute atomic E-state index is 0.210. The van der Waals surface area contributed by atoms with Gasteiger partial charge >= 0.3 is 5.97 Å². The molecule has 1 fully saturated rings. The molecule has 0 aromatic heterocycles. The van der Waals surface area contributed by atoms with Crippen LogP contribution in [-0.2, 0) is 14.3 Å². The Labute approximate surface area is 161 Å². The van der Waals surface area contributed by atoms with Crippen molar-refractivity contribution in [3.63, 3.8) is 0 Å². The Morgan fingerprint density at radius 3 is 2.50 bits per heavy atom. The molecule has 0 bridgehead atoms. The van der Waals surface area contributed by atoms with E-state index in [9.17, 15) is 9.90 Å². The molecule has 1 N–H and O–H groups in total. The highest BCUT2D eigenvalue weighted by Crippen LogP contribution is 2.37. The Kier molecular flexibility index (Phi) is 7.51. The van der Waals surface area contributed by atoms with Crippen molar-refractivity contribution in [1.82, 2.24) is 0 Å². The van der Waals surface area contributed by atoms with Crippen LogP contribution in [0.2, 0.25) is 5.02 Å². The van der Waals surface area contributed by atoms with Gasteiger partial charge in [-0.3, -0.25) is 4.79 Å². The van der Waals surface area contributed by atoms with Gasteiger partial charge in [0.15, 0.2) is 5.79 Å². The Balaban J connectivity index is 1.99. The molecule has 146 valence electrons. The van der Waals surface area contributed by atoms with Crippen molar-refractivity contribution in [2.75, 3.05) is 6.61 Å². The lowest BCUT2D eigenvalue weighted by Crippen LogP contribution is -2.36. The summed E-state index contributed by atoms with van der Waals surface area (Å²) in [5.74, 6) is -1.30. The van der Waals surface area contributed by atoms with Gasteiger partial charge in [0.1, 0.15) is 0 Å². The third kappa shape index (κ3) is 6.26. The molecule has 2 rings (SSSR count). The second-order valence-corrected chi connectivity index (χ2v) is 8.57. The normalized spacial score (nSPS) is 18.3. The molecule has 0 amide bonds. The van der Waals surface area contributed by atoms with Crippen LogP contribution in [0.25, 0.3) is 0 Å². The largest absolute Gasteiger partial charge is 0.465 e. The Bertz CT molecular complexity index is 588. The fourth-order valence-corrected chi connectivity index (χ4v) is 3.41. The molecule has 5 heteroatoms. The second kappa shape index (κ2) is 9.20. The Hall–Kier alpha value is -1.10. The minimum Gasteiger partial charge on any atom is -0.465 e. The molecule has 0 heterocycles. The molecule has 0 unspecified atom stereocenters. The zero-order valence-corrected chi connectivity index (χ0v) is 16.8. The molecule has 0 aliphatic heterocycles. The molecule has 0 radical (unpaired) electrons. The van der Waals surface area contributed by atoms with Crippen LogP contribution >= 0.6 is 11.6 Å². The molecule has 0 saturated heterocycles. The lowest BCUT2D eigenvalue weighted by Gasteiger charge is -2.36. The van der Waals surface area contributed by atoms with Crippen LogP contribution in [0.4, 0.5) is 0 Å². The number of hydrogen-bond donors (Lipinski definition) is 1. The topological polar surface area (TPSA) is 55.8 Å².